The summed E-state index contributed by atoms with van der Waals surface area (Å²) in [5.74, 6) is 1.96. The second-order valence-electron chi connectivity index (χ2n) is 9.48. The van der Waals surface area contributed by atoms with E-state index in [1.54, 1.807) is 0 Å². The van der Waals surface area contributed by atoms with Crippen LogP contribution in [0.2, 0.25) is 0 Å². The first-order valence-corrected chi connectivity index (χ1v) is 13.6. The Balaban J connectivity index is 1.54. The molecule has 2 aromatic carbocycles. The van der Waals surface area contributed by atoms with Gasteiger partial charge < -0.3 is 9.47 Å². The molecule has 188 valence electrons. The van der Waals surface area contributed by atoms with Crippen molar-refractivity contribution in [3.05, 3.63) is 70.8 Å². The molecule has 0 heterocycles. The van der Waals surface area contributed by atoms with E-state index in [-0.39, 0.29) is 5.78 Å². The van der Waals surface area contributed by atoms with Gasteiger partial charge in [-0.15, -0.1) is 0 Å². The maximum Gasteiger partial charge on any atom is 0.185 e. The Hall–Kier alpha value is -2.81. The van der Waals surface area contributed by atoms with E-state index in [2.05, 4.69) is 13.8 Å². The number of hydrogen-bond donors (Lipinski definition) is 0. The van der Waals surface area contributed by atoms with Crippen molar-refractivity contribution in [3.63, 3.8) is 0 Å². The lowest BCUT2D eigenvalue weighted by atomic mass is 9.87. The van der Waals surface area contributed by atoms with Gasteiger partial charge in [0.1, 0.15) is 11.5 Å². The molecule has 0 radical (unpaired) electrons. The van der Waals surface area contributed by atoms with Crippen LogP contribution >= 0.6 is 0 Å². The van der Waals surface area contributed by atoms with Gasteiger partial charge in [-0.2, -0.15) is 0 Å². The van der Waals surface area contributed by atoms with Gasteiger partial charge in [0.15, 0.2) is 5.78 Å². The highest BCUT2D eigenvalue weighted by Gasteiger charge is 2.20. The van der Waals surface area contributed by atoms with Crippen molar-refractivity contribution in [2.75, 3.05) is 13.2 Å². The van der Waals surface area contributed by atoms with E-state index in [0.717, 1.165) is 79.1 Å². The normalized spacial score (nSPS) is 16.1. The zero-order chi connectivity index (χ0) is 24.7. The Morgan fingerprint density at radius 2 is 1.06 bits per heavy atom. The van der Waals surface area contributed by atoms with Crippen LogP contribution in [0.5, 0.6) is 11.5 Å². The third kappa shape index (κ3) is 9.39. The van der Waals surface area contributed by atoms with Crippen LogP contribution < -0.4 is 9.47 Å². The molecular weight excluding hydrogens is 432 g/mol. The van der Waals surface area contributed by atoms with Crippen molar-refractivity contribution in [1.29, 1.82) is 0 Å². The minimum absolute atomic E-state index is 0.170. The Bertz CT molecular complexity index is 874. The molecule has 1 fully saturated rings. The second kappa shape index (κ2) is 15.2. The number of allylic oxidation sites excluding steroid dienone is 2. The Kier molecular flexibility index (Phi) is 11.7. The molecule has 0 N–H and O–H groups in total. The lowest BCUT2D eigenvalue weighted by Gasteiger charge is -2.17. The van der Waals surface area contributed by atoms with E-state index in [0.29, 0.717) is 0 Å². The van der Waals surface area contributed by atoms with E-state index < -0.39 is 0 Å². The average molecular weight is 475 g/mol. The molecule has 0 amide bonds. The van der Waals surface area contributed by atoms with Crippen molar-refractivity contribution in [2.45, 2.75) is 84.5 Å². The first-order valence-electron chi connectivity index (χ1n) is 13.6. The Labute approximate surface area is 212 Å². The fourth-order valence-electron chi connectivity index (χ4n) is 4.34. The quantitative estimate of drug-likeness (QED) is 0.203. The lowest BCUT2D eigenvalue weighted by Crippen LogP contribution is -2.12. The van der Waals surface area contributed by atoms with Crippen LogP contribution in [0.1, 0.15) is 95.6 Å². The molecule has 0 saturated heterocycles. The largest absolute Gasteiger partial charge is 0.494 e. The number of Topliss-reactive ketones (excluding diaryl/α,β-unsaturated/α-hetero) is 1. The molecule has 0 aliphatic heterocycles. The molecule has 0 unspecified atom stereocenters. The van der Waals surface area contributed by atoms with Gasteiger partial charge in [-0.25, -0.2) is 0 Å². The van der Waals surface area contributed by atoms with Gasteiger partial charge in [-0.05, 0) is 79.6 Å². The number of rotatable bonds is 14. The third-order valence-corrected chi connectivity index (χ3v) is 6.45. The monoisotopic (exact) mass is 474 g/mol. The summed E-state index contributed by atoms with van der Waals surface area (Å²) < 4.78 is 11.7. The van der Waals surface area contributed by atoms with Crippen molar-refractivity contribution >= 4 is 17.9 Å². The minimum Gasteiger partial charge on any atom is -0.494 e. The summed E-state index contributed by atoms with van der Waals surface area (Å²) >= 11 is 0. The maximum absolute atomic E-state index is 13.1. The average Bonchev–Trinajstić information content (AvgIpc) is 2.88. The molecule has 0 aromatic heterocycles. The topological polar surface area (TPSA) is 35.5 Å². The van der Waals surface area contributed by atoms with Gasteiger partial charge in [-0.1, -0.05) is 76.6 Å². The molecule has 1 aliphatic rings. The van der Waals surface area contributed by atoms with Crippen molar-refractivity contribution < 1.29 is 14.3 Å². The number of ether oxygens (including phenoxy) is 2. The van der Waals surface area contributed by atoms with Crippen LogP contribution in [0.15, 0.2) is 59.7 Å². The highest BCUT2D eigenvalue weighted by atomic mass is 16.5. The third-order valence-electron chi connectivity index (χ3n) is 6.45. The molecule has 35 heavy (non-hydrogen) atoms. The van der Waals surface area contributed by atoms with Crippen molar-refractivity contribution in [2.24, 2.45) is 0 Å². The predicted molar refractivity (Wildman–Crippen MR) is 147 cm³/mol. The summed E-state index contributed by atoms with van der Waals surface area (Å²) in [6.07, 6.45) is 16.4. The summed E-state index contributed by atoms with van der Waals surface area (Å²) in [5.41, 5.74) is 3.88. The molecule has 1 saturated carbocycles. The zero-order valence-electron chi connectivity index (χ0n) is 21.7. The fourth-order valence-corrected chi connectivity index (χ4v) is 4.34. The SMILES string of the molecule is CCCCCCOc1ccc(C=C2CCCC(=Cc3ccc(OCCCCCC)cc3)C2=O)cc1. The van der Waals surface area contributed by atoms with E-state index in [9.17, 15) is 4.79 Å². The van der Waals surface area contributed by atoms with Gasteiger partial charge in [0.2, 0.25) is 0 Å². The van der Waals surface area contributed by atoms with Crippen LogP contribution in [0.4, 0.5) is 0 Å². The lowest BCUT2D eigenvalue weighted by molar-refractivity contribution is -0.112. The fraction of sp³-hybridized carbons (Fsp3) is 0.469. The standard InChI is InChI=1S/C32H42O3/c1-3-5-7-9-22-34-30-18-14-26(15-19-30)24-28-12-11-13-29(32(28)33)25-27-16-20-31(21-17-27)35-23-10-8-6-4-2/h14-21,24-25H,3-13,22-23H2,1-2H3. The first-order chi connectivity index (χ1) is 17.2. The van der Waals surface area contributed by atoms with Gasteiger partial charge >= 0.3 is 0 Å². The highest BCUT2D eigenvalue weighted by Crippen LogP contribution is 2.29. The van der Waals surface area contributed by atoms with E-state index in [1.807, 2.05) is 60.7 Å². The summed E-state index contributed by atoms with van der Waals surface area (Å²) in [7, 11) is 0. The smallest absolute Gasteiger partial charge is 0.185 e. The Morgan fingerprint density at radius 1 is 0.629 bits per heavy atom. The molecule has 1 aliphatic carbocycles. The number of benzene rings is 2. The first kappa shape index (κ1) is 26.8. The molecule has 3 rings (SSSR count). The van der Waals surface area contributed by atoms with Crippen LogP contribution in [0, 0.1) is 0 Å². The van der Waals surface area contributed by atoms with Crippen LogP contribution in [0.25, 0.3) is 12.2 Å². The summed E-state index contributed by atoms with van der Waals surface area (Å²) in [5, 5.41) is 0. The van der Waals surface area contributed by atoms with Crippen LogP contribution in [-0.2, 0) is 4.79 Å². The number of ketones is 1. The van der Waals surface area contributed by atoms with E-state index in [1.165, 1.54) is 38.5 Å². The molecular formula is C32H42O3. The van der Waals surface area contributed by atoms with Gasteiger partial charge in [0.05, 0.1) is 13.2 Å². The summed E-state index contributed by atoms with van der Waals surface area (Å²) in [6, 6.07) is 16.2. The second-order valence-corrected chi connectivity index (χ2v) is 9.48. The zero-order valence-corrected chi connectivity index (χ0v) is 21.7. The summed E-state index contributed by atoms with van der Waals surface area (Å²) in [6.45, 7) is 5.96. The van der Waals surface area contributed by atoms with Gasteiger partial charge in [-0.3, -0.25) is 4.79 Å². The van der Waals surface area contributed by atoms with Crippen molar-refractivity contribution in [3.8, 4) is 11.5 Å². The molecule has 0 bridgehead atoms. The van der Waals surface area contributed by atoms with E-state index in [4.69, 9.17) is 9.47 Å². The number of hydrogen-bond acceptors (Lipinski definition) is 3. The van der Waals surface area contributed by atoms with Crippen LogP contribution in [0.3, 0.4) is 0 Å². The van der Waals surface area contributed by atoms with Gasteiger partial charge in [0, 0.05) is 11.1 Å². The number of carbonyl (C=O) groups is 1. The predicted octanol–water partition coefficient (Wildman–Crippen LogP) is 8.82. The molecule has 2 aromatic rings. The summed E-state index contributed by atoms with van der Waals surface area (Å²) in [4.78, 5) is 13.1. The Morgan fingerprint density at radius 3 is 1.46 bits per heavy atom. The molecule has 0 spiro atoms. The number of carbonyl (C=O) groups excluding carboxylic acids is 1. The van der Waals surface area contributed by atoms with Crippen molar-refractivity contribution in [1.82, 2.24) is 0 Å². The molecule has 3 heteroatoms. The van der Waals surface area contributed by atoms with E-state index >= 15 is 0 Å². The highest BCUT2D eigenvalue weighted by molar-refractivity contribution is 6.13. The maximum atomic E-state index is 13.1. The molecule has 0 atom stereocenters. The number of unbranched alkanes of at least 4 members (excludes halogenated alkanes) is 6. The minimum atomic E-state index is 0.170. The van der Waals surface area contributed by atoms with Gasteiger partial charge in [0.25, 0.3) is 0 Å². The molecule has 3 nitrogen and oxygen atoms in total. The van der Waals surface area contributed by atoms with Crippen LogP contribution in [-0.4, -0.2) is 19.0 Å².